The van der Waals surface area contributed by atoms with E-state index < -0.39 is 12.0 Å². The van der Waals surface area contributed by atoms with Gasteiger partial charge < -0.3 is 23.6 Å². The number of aromatic amines is 1. The first kappa shape index (κ1) is 29.1. The van der Waals surface area contributed by atoms with Gasteiger partial charge in [-0.15, -0.1) is 0 Å². The van der Waals surface area contributed by atoms with Crippen molar-refractivity contribution in [2.24, 2.45) is 4.99 Å². The maximum absolute atomic E-state index is 13.9. The number of nitrogens with one attached hydrogen (secondary N) is 1. The number of furan rings is 1. The normalized spacial score (nSPS) is 14.9. The van der Waals surface area contributed by atoms with Crippen LogP contribution in [-0.4, -0.2) is 40.8 Å². The number of thiazole rings is 1. The number of esters is 1. The van der Waals surface area contributed by atoms with Gasteiger partial charge in [0.05, 0.1) is 42.2 Å². The molecular weight excluding hydrogens is 580 g/mol. The average Bonchev–Trinajstić information content (AvgIpc) is 3.50. The third kappa shape index (κ3) is 5.83. The fourth-order valence-corrected chi connectivity index (χ4v) is 6.36. The summed E-state index contributed by atoms with van der Waals surface area (Å²) in [7, 11) is 1.55. The molecule has 1 aromatic carbocycles. The molecule has 13 heteroatoms. The number of H-pyrrole nitrogens is 1. The van der Waals surface area contributed by atoms with Crippen molar-refractivity contribution in [3.05, 3.63) is 94.7 Å². The Kier molecular flexibility index (Phi) is 8.50. The molecule has 0 spiro atoms. The first-order chi connectivity index (χ1) is 20.2. The number of rotatable bonds is 9. The van der Waals surface area contributed by atoms with Crippen LogP contribution in [0.3, 0.4) is 0 Å². The molecule has 0 radical (unpaired) electrons. The summed E-state index contributed by atoms with van der Waals surface area (Å²) in [6, 6.07) is 9.35. The molecule has 1 aliphatic rings. The summed E-state index contributed by atoms with van der Waals surface area (Å²) in [6.07, 6.45) is 1.63. The van der Waals surface area contributed by atoms with Gasteiger partial charge in [-0.2, -0.15) is 0 Å². The molecule has 3 aromatic heterocycles. The smallest absolute Gasteiger partial charge is 0.338 e. The van der Waals surface area contributed by atoms with Crippen molar-refractivity contribution < 1.29 is 23.4 Å². The fraction of sp³-hybridized carbons (Fsp3) is 0.276. The van der Waals surface area contributed by atoms with Gasteiger partial charge in [0.2, 0.25) is 0 Å². The number of hydrogen-bond acceptors (Lipinski definition) is 11. The van der Waals surface area contributed by atoms with E-state index in [0.29, 0.717) is 60.4 Å². The summed E-state index contributed by atoms with van der Waals surface area (Å²) in [4.78, 5) is 50.9. The number of carbonyl (C=O) groups is 1. The van der Waals surface area contributed by atoms with E-state index in [1.54, 1.807) is 64.3 Å². The van der Waals surface area contributed by atoms with Gasteiger partial charge in [-0.05, 0) is 69.3 Å². The molecule has 0 bridgehead atoms. The lowest BCUT2D eigenvalue weighted by Crippen LogP contribution is -2.39. The Labute approximate surface area is 248 Å². The molecule has 1 N–H and O–H groups in total. The lowest BCUT2D eigenvalue weighted by atomic mass is 9.95. The molecule has 218 valence electrons. The maximum Gasteiger partial charge on any atom is 0.338 e. The van der Waals surface area contributed by atoms with E-state index >= 15 is 0 Å². The zero-order valence-corrected chi connectivity index (χ0v) is 25.2. The molecular formula is C29H28N4O7S2. The molecule has 5 rings (SSSR count). The minimum absolute atomic E-state index is 0.171. The van der Waals surface area contributed by atoms with Gasteiger partial charge in [-0.25, -0.2) is 14.8 Å². The van der Waals surface area contributed by atoms with Gasteiger partial charge in [-0.1, -0.05) is 17.4 Å². The number of fused-ring (bicyclic) bond motifs is 1. The Morgan fingerprint density at radius 1 is 1.14 bits per heavy atom. The van der Waals surface area contributed by atoms with Crippen LogP contribution < -0.4 is 29.9 Å². The predicted octanol–water partition coefficient (Wildman–Crippen LogP) is 3.34. The molecule has 1 atom stereocenters. The van der Waals surface area contributed by atoms with Gasteiger partial charge in [0.1, 0.15) is 5.76 Å². The largest absolute Gasteiger partial charge is 0.493 e. The second-order valence-electron chi connectivity index (χ2n) is 9.10. The van der Waals surface area contributed by atoms with E-state index in [1.165, 1.54) is 22.0 Å². The number of aromatic nitrogens is 3. The van der Waals surface area contributed by atoms with E-state index in [9.17, 15) is 14.4 Å². The molecule has 1 aliphatic heterocycles. The van der Waals surface area contributed by atoms with Crippen molar-refractivity contribution in [2.45, 2.75) is 44.0 Å². The Morgan fingerprint density at radius 3 is 2.67 bits per heavy atom. The fourth-order valence-electron chi connectivity index (χ4n) is 4.53. The lowest BCUT2D eigenvalue weighted by Gasteiger charge is -2.25. The van der Waals surface area contributed by atoms with Crippen LogP contribution in [0.4, 0.5) is 0 Å². The van der Waals surface area contributed by atoms with Gasteiger partial charge in [-0.3, -0.25) is 14.2 Å². The monoisotopic (exact) mass is 608 g/mol. The first-order valence-corrected chi connectivity index (χ1v) is 14.7. The predicted molar refractivity (Wildman–Crippen MR) is 157 cm³/mol. The first-order valence-electron chi connectivity index (χ1n) is 13.1. The van der Waals surface area contributed by atoms with Crippen LogP contribution in [0.25, 0.3) is 6.08 Å². The second-order valence-corrected chi connectivity index (χ2v) is 11.1. The molecule has 42 heavy (non-hydrogen) atoms. The highest BCUT2D eigenvalue weighted by atomic mass is 32.2. The molecule has 0 aliphatic carbocycles. The highest BCUT2D eigenvalue weighted by Crippen LogP contribution is 2.36. The van der Waals surface area contributed by atoms with Crippen LogP contribution in [-0.2, 0) is 9.53 Å². The van der Waals surface area contributed by atoms with E-state index in [0.717, 1.165) is 11.8 Å². The van der Waals surface area contributed by atoms with Crippen LogP contribution in [0.2, 0.25) is 0 Å². The molecule has 0 amide bonds. The number of aryl methyl sites for hydroxylation is 1. The number of hydrogen-bond donors (Lipinski definition) is 1. The van der Waals surface area contributed by atoms with Crippen molar-refractivity contribution in [1.29, 1.82) is 0 Å². The van der Waals surface area contributed by atoms with Crippen molar-refractivity contribution in [3.8, 4) is 11.5 Å². The Hall–Kier alpha value is -4.36. The number of allylic oxidation sites excluding steroid dienone is 1. The number of carbonyl (C=O) groups excluding carboxylic acids is 1. The van der Waals surface area contributed by atoms with Gasteiger partial charge in [0.15, 0.2) is 26.5 Å². The van der Waals surface area contributed by atoms with Crippen LogP contribution in [0, 0.1) is 6.92 Å². The highest BCUT2D eigenvalue weighted by Gasteiger charge is 2.34. The minimum atomic E-state index is -0.806. The van der Waals surface area contributed by atoms with E-state index in [2.05, 4.69) is 15.0 Å². The van der Waals surface area contributed by atoms with Crippen molar-refractivity contribution in [2.75, 3.05) is 20.3 Å². The van der Waals surface area contributed by atoms with Gasteiger partial charge in [0, 0.05) is 17.8 Å². The van der Waals surface area contributed by atoms with Crippen molar-refractivity contribution in [3.63, 3.8) is 0 Å². The molecule has 0 saturated heterocycles. The Balaban J connectivity index is 1.60. The summed E-state index contributed by atoms with van der Waals surface area (Å²) >= 11 is 2.35. The second kappa shape index (κ2) is 12.2. The van der Waals surface area contributed by atoms with Gasteiger partial charge >= 0.3 is 5.97 Å². The molecule has 0 fully saturated rings. The third-order valence-corrected chi connectivity index (χ3v) is 8.03. The van der Waals surface area contributed by atoms with Crippen molar-refractivity contribution >= 4 is 35.1 Å². The third-order valence-electron chi connectivity index (χ3n) is 6.24. The lowest BCUT2D eigenvalue weighted by molar-refractivity contribution is -0.139. The Morgan fingerprint density at radius 2 is 1.95 bits per heavy atom. The van der Waals surface area contributed by atoms with E-state index in [-0.39, 0.29) is 23.3 Å². The summed E-state index contributed by atoms with van der Waals surface area (Å²) in [5, 5.41) is 0.885. The topological polar surface area (TPSA) is 138 Å². The van der Waals surface area contributed by atoms with Crippen LogP contribution in [0.15, 0.2) is 76.9 Å². The SMILES string of the molecule is CCOC(=O)C1=C(C)N=c2s/c(=C/c3ccc(Sc4nc(C)cc(=O)[nH]4)o3)c(=O)n2[C@@H]1c1ccc(OC)c(OCC)c1. The highest BCUT2D eigenvalue weighted by molar-refractivity contribution is 7.99. The van der Waals surface area contributed by atoms with E-state index in [4.69, 9.17) is 18.6 Å². The zero-order valence-electron chi connectivity index (χ0n) is 23.5. The molecule has 4 aromatic rings. The van der Waals surface area contributed by atoms with Crippen molar-refractivity contribution in [1.82, 2.24) is 14.5 Å². The van der Waals surface area contributed by atoms with Crippen LogP contribution >= 0.6 is 23.1 Å². The molecule has 11 nitrogen and oxygen atoms in total. The average molecular weight is 609 g/mol. The quantitative estimate of drug-likeness (QED) is 0.224. The summed E-state index contributed by atoms with van der Waals surface area (Å²) < 4.78 is 24.4. The van der Waals surface area contributed by atoms with Gasteiger partial charge in [0.25, 0.3) is 11.1 Å². The summed E-state index contributed by atoms with van der Waals surface area (Å²) in [6.45, 7) is 7.62. The molecule has 0 unspecified atom stereocenters. The number of ether oxygens (including phenoxy) is 3. The van der Waals surface area contributed by atoms with Crippen LogP contribution in [0.1, 0.15) is 43.8 Å². The van der Waals surface area contributed by atoms with E-state index in [1.807, 2.05) is 6.92 Å². The minimum Gasteiger partial charge on any atom is -0.493 e. The standard InChI is InChI=1S/C29H28N4O7S2/c1-6-38-20-13-17(8-10-19(20)37-5)25-24(27(36)39-7-2)16(4)31-29-33(25)26(35)21(41-29)14-18-9-11-23(40-18)42-28-30-15(3)12-22(34)32-28/h8-14,25H,6-7H2,1-5H3,(H,30,32,34)/b21-14+/t25-/m1/s1. The zero-order chi connectivity index (χ0) is 30.0. The summed E-state index contributed by atoms with van der Waals surface area (Å²) in [5.74, 6) is 0.895. The number of nitrogens with zero attached hydrogens (tertiary/aromatic N) is 3. The van der Waals surface area contributed by atoms with Crippen LogP contribution in [0.5, 0.6) is 11.5 Å². The molecule has 0 saturated carbocycles. The maximum atomic E-state index is 13.9. The summed E-state index contributed by atoms with van der Waals surface area (Å²) in [5.41, 5.74) is 1.35. The number of methoxy groups -OCH3 is 1. The number of benzene rings is 1. The Bertz CT molecular complexity index is 1930. The molecule has 4 heterocycles.